The van der Waals surface area contributed by atoms with Crippen LogP contribution in [0.25, 0.3) is 0 Å². The van der Waals surface area contributed by atoms with Crippen LogP contribution >= 0.6 is 12.2 Å². The SMILES string of the molecule is CN(CCC(N)=S)C1CCOCC1. The second kappa shape index (κ2) is 5.52. The molecule has 0 aliphatic carbocycles. The van der Waals surface area contributed by atoms with Crippen LogP contribution in [0.15, 0.2) is 0 Å². The topological polar surface area (TPSA) is 38.5 Å². The van der Waals surface area contributed by atoms with Gasteiger partial charge < -0.3 is 15.4 Å². The van der Waals surface area contributed by atoms with Crippen molar-refractivity contribution < 1.29 is 4.74 Å². The van der Waals surface area contributed by atoms with Gasteiger partial charge in [-0.1, -0.05) is 12.2 Å². The van der Waals surface area contributed by atoms with Gasteiger partial charge >= 0.3 is 0 Å². The Morgan fingerprint density at radius 2 is 2.15 bits per heavy atom. The molecule has 0 spiro atoms. The Kier molecular flexibility index (Phi) is 4.62. The van der Waals surface area contributed by atoms with Gasteiger partial charge in [-0.3, -0.25) is 0 Å². The maximum atomic E-state index is 5.45. The Morgan fingerprint density at radius 3 is 2.69 bits per heavy atom. The number of rotatable bonds is 4. The molecule has 0 aromatic carbocycles. The predicted octanol–water partition coefficient (Wildman–Crippen LogP) is 0.773. The molecule has 13 heavy (non-hydrogen) atoms. The van der Waals surface area contributed by atoms with E-state index in [1.54, 1.807) is 0 Å². The molecule has 1 saturated heterocycles. The second-order valence-corrected chi connectivity index (χ2v) is 4.06. The Bertz CT molecular complexity index is 169. The highest BCUT2D eigenvalue weighted by Crippen LogP contribution is 2.12. The van der Waals surface area contributed by atoms with Crippen molar-refractivity contribution >= 4 is 17.2 Å². The summed E-state index contributed by atoms with van der Waals surface area (Å²) in [6, 6.07) is 0.656. The van der Waals surface area contributed by atoms with Crippen LogP contribution in [0.5, 0.6) is 0 Å². The molecule has 0 amide bonds. The van der Waals surface area contributed by atoms with E-state index < -0.39 is 0 Å². The van der Waals surface area contributed by atoms with Crippen molar-refractivity contribution in [3.8, 4) is 0 Å². The van der Waals surface area contributed by atoms with E-state index in [4.69, 9.17) is 22.7 Å². The van der Waals surface area contributed by atoms with Gasteiger partial charge in [-0.05, 0) is 19.9 Å². The van der Waals surface area contributed by atoms with E-state index in [1.807, 2.05) is 0 Å². The molecule has 1 aliphatic heterocycles. The van der Waals surface area contributed by atoms with Crippen LogP contribution in [-0.2, 0) is 4.74 Å². The van der Waals surface area contributed by atoms with Crippen molar-refractivity contribution in [2.75, 3.05) is 26.8 Å². The summed E-state index contributed by atoms with van der Waals surface area (Å²) in [5, 5.41) is 0. The molecule has 0 radical (unpaired) electrons. The third-order valence-electron chi connectivity index (χ3n) is 2.53. The van der Waals surface area contributed by atoms with Gasteiger partial charge in [0.05, 0.1) is 4.99 Å². The lowest BCUT2D eigenvalue weighted by Crippen LogP contribution is -2.38. The largest absolute Gasteiger partial charge is 0.393 e. The van der Waals surface area contributed by atoms with Crippen molar-refractivity contribution in [3.05, 3.63) is 0 Å². The van der Waals surface area contributed by atoms with Crippen molar-refractivity contribution in [1.29, 1.82) is 0 Å². The number of hydrogen-bond donors (Lipinski definition) is 1. The average molecular weight is 202 g/mol. The Labute approximate surface area is 85.2 Å². The minimum absolute atomic E-state index is 0.610. The molecule has 4 heteroatoms. The van der Waals surface area contributed by atoms with Gasteiger partial charge in [-0.2, -0.15) is 0 Å². The van der Waals surface area contributed by atoms with Crippen molar-refractivity contribution in [2.24, 2.45) is 5.73 Å². The predicted molar refractivity (Wildman–Crippen MR) is 57.9 cm³/mol. The Hall–Kier alpha value is -0.190. The summed E-state index contributed by atoms with van der Waals surface area (Å²) in [5.41, 5.74) is 5.45. The van der Waals surface area contributed by atoms with Crippen LogP contribution in [0, 0.1) is 0 Å². The van der Waals surface area contributed by atoms with Crippen LogP contribution in [0.3, 0.4) is 0 Å². The minimum atomic E-state index is 0.610. The zero-order valence-electron chi connectivity index (χ0n) is 8.16. The van der Waals surface area contributed by atoms with E-state index in [0.29, 0.717) is 11.0 Å². The van der Waals surface area contributed by atoms with Gasteiger partial charge in [-0.15, -0.1) is 0 Å². The molecule has 1 heterocycles. The molecule has 1 rings (SSSR count). The molecular formula is C9H18N2OS. The van der Waals surface area contributed by atoms with Gasteiger partial charge in [0, 0.05) is 32.2 Å². The van der Waals surface area contributed by atoms with Gasteiger partial charge in [0.25, 0.3) is 0 Å². The maximum Gasteiger partial charge on any atom is 0.0740 e. The van der Waals surface area contributed by atoms with Gasteiger partial charge in [0.15, 0.2) is 0 Å². The second-order valence-electron chi connectivity index (χ2n) is 3.54. The number of thiocarbonyl (C=S) groups is 1. The van der Waals surface area contributed by atoms with E-state index in [0.717, 1.165) is 39.0 Å². The molecule has 0 saturated carbocycles. The first-order valence-electron chi connectivity index (χ1n) is 4.76. The molecule has 0 aromatic rings. The number of nitrogens with two attached hydrogens (primary N) is 1. The quantitative estimate of drug-likeness (QED) is 0.684. The van der Waals surface area contributed by atoms with Crippen LogP contribution in [-0.4, -0.2) is 42.7 Å². The fourth-order valence-electron chi connectivity index (χ4n) is 1.60. The lowest BCUT2D eigenvalue weighted by atomic mass is 10.1. The highest BCUT2D eigenvalue weighted by molar-refractivity contribution is 7.80. The van der Waals surface area contributed by atoms with Crippen molar-refractivity contribution in [1.82, 2.24) is 4.90 Å². The number of ether oxygens (including phenoxy) is 1. The smallest absolute Gasteiger partial charge is 0.0740 e. The molecule has 2 N–H and O–H groups in total. The van der Waals surface area contributed by atoms with Gasteiger partial charge in [0.2, 0.25) is 0 Å². The first-order valence-corrected chi connectivity index (χ1v) is 5.17. The summed E-state index contributed by atoms with van der Waals surface area (Å²) in [6.45, 7) is 2.75. The zero-order valence-corrected chi connectivity index (χ0v) is 8.98. The summed E-state index contributed by atoms with van der Waals surface area (Å²) >= 11 is 4.84. The average Bonchev–Trinajstić information content (AvgIpc) is 2.15. The standard InChI is InChI=1S/C9H18N2OS/c1-11(5-2-9(10)13)8-3-6-12-7-4-8/h8H,2-7H2,1H3,(H2,10,13). The molecule has 1 aliphatic rings. The summed E-state index contributed by atoms with van der Waals surface area (Å²) in [6.07, 6.45) is 3.09. The van der Waals surface area contributed by atoms with E-state index in [1.165, 1.54) is 0 Å². The molecule has 1 fully saturated rings. The lowest BCUT2D eigenvalue weighted by Gasteiger charge is -2.30. The number of nitrogens with zero attached hydrogens (tertiary/aromatic N) is 1. The van der Waals surface area contributed by atoms with E-state index >= 15 is 0 Å². The highest BCUT2D eigenvalue weighted by atomic mass is 32.1. The monoisotopic (exact) mass is 202 g/mol. The lowest BCUT2D eigenvalue weighted by molar-refractivity contribution is 0.0439. The van der Waals surface area contributed by atoms with Crippen LogP contribution < -0.4 is 5.73 Å². The fraction of sp³-hybridized carbons (Fsp3) is 0.889. The third-order valence-corrected chi connectivity index (χ3v) is 2.73. The first kappa shape index (κ1) is 10.9. The molecular weight excluding hydrogens is 184 g/mol. The third kappa shape index (κ3) is 4.02. The highest BCUT2D eigenvalue weighted by Gasteiger charge is 2.17. The van der Waals surface area contributed by atoms with E-state index in [2.05, 4.69) is 11.9 Å². The maximum absolute atomic E-state index is 5.45. The first-order chi connectivity index (χ1) is 6.20. The molecule has 0 aromatic heterocycles. The molecule has 76 valence electrons. The van der Waals surface area contributed by atoms with Crippen LogP contribution in [0.4, 0.5) is 0 Å². The summed E-state index contributed by atoms with van der Waals surface area (Å²) in [7, 11) is 2.13. The molecule has 3 nitrogen and oxygen atoms in total. The van der Waals surface area contributed by atoms with Gasteiger partial charge in [0.1, 0.15) is 0 Å². The summed E-state index contributed by atoms with van der Waals surface area (Å²) < 4.78 is 5.30. The zero-order chi connectivity index (χ0) is 9.68. The van der Waals surface area contributed by atoms with Crippen molar-refractivity contribution in [3.63, 3.8) is 0 Å². The Morgan fingerprint density at radius 1 is 1.54 bits per heavy atom. The molecule has 0 atom stereocenters. The van der Waals surface area contributed by atoms with Crippen LogP contribution in [0.1, 0.15) is 19.3 Å². The Balaban J connectivity index is 2.20. The van der Waals surface area contributed by atoms with Crippen molar-refractivity contribution in [2.45, 2.75) is 25.3 Å². The van der Waals surface area contributed by atoms with Gasteiger partial charge in [-0.25, -0.2) is 0 Å². The minimum Gasteiger partial charge on any atom is -0.393 e. The summed E-state index contributed by atoms with van der Waals surface area (Å²) in [4.78, 5) is 2.95. The molecule has 0 bridgehead atoms. The summed E-state index contributed by atoms with van der Waals surface area (Å²) in [5.74, 6) is 0. The van der Waals surface area contributed by atoms with E-state index in [9.17, 15) is 0 Å². The molecule has 0 unspecified atom stereocenters. The van der Waals surface area contributed by atoms with E-state index in [-0.39, 0.29) is 0 Å². The fourth-order valence-corrected chi connectivity index (χ4v) is 1.69. The number of hydrogen-bond acceptors (Lipinski definition) is 3. The normalized spacial score (nSPS) is 19.2. The van der Waals surface area contributed by atoms with Crippen LogP contribution in [0.2, 0.25) is 0 Å².